The Morgan fingerprint density at radius 1 is 1.20 bits per heavy atom. The number of aromatic carboxylic acids is 1. The first-order chi connectivity index (χ1) is 13.9. The van der Waals surface area contributed by atoms with Crippen molar-refractivity contribution in [1.29, 1.82) is 0 Å². The molecule has 160 valence electrons. The molecule has 2 aromatic carbocycles. The van der Waals surface area contributed by atoms with Crippen molar-refractivity contribution in [2.45, 2.75) is 19.5 Å². The number of hydrogen-bond acceptors (Lipinski definition) is 7. The van der Waals surface area contributed by atoms with Gasteiger partial charge < -0.3 is 19.4 Å². The summed E-state index contributed by atoms with van der Waals surface area (Å²) in [6.07, 6.45) is -4.87. The molecule has 30 heavy (non-hydrogen) atoms. The number of carboxylic acids is 1. The molecule has 0 N–H and O–H groups in total. The maximum atomic E-state index is 12.7. The van der Waals surface area contributed by atoms with Gasteiger partial charge in [0.25, 0.3) is 5.69 Å². The van der Waals surface area contributed by atoms with Gasteiger partial charge in [-0.3, -0.25) is 14.9 Å². The van der Waals surface area contributed by atoms with E-state index in [9.17, 15) is 38.0 Å². The summed E-state index contributed by atoms with van der Waals surface area (Å²) in [5.74, 6) is -3.02. The second kappa shape index (κ2) is 8.99. The van der Waals surface area contributed by atoms with Crippen molar-refractivity contribution in [2.75, 3.05) is 6.61 Å². The number of esters is 1. The average Bonchev–Trinajstić information content (AvgIpc) is 2.61. The van der Waals surface area contributed by atoms with Crippen molar-refractivity contribution < 1.29 is 42.3 Å². The number of rotatable bonds is 7. The van der Waals surface area contributed by atoms with Crippen molar-refractivity contribution in [3.8, 4) is 11.5 Å². The Morgan fingerprint density at radius 2 is 1.87 bits per heavy atom. The molecule has 0 aliphatic rings. The summed E-state index contributed by atoms with van der Waals surface area (Å²) in [6, 6.07) is 4.13. The van der Waals surface area contributed by atoms with E-state index in [2.05, 4.69) is 0 Å². The zero-order valence-corrected chi connectivity index (χ0v) is 15.9. The van der Waals surface area contributed by atoms with E-state index in [0.717, 1.165) is 25.1 Å². The first-order valence-corrected chi connectivity index (χ1v) is 8.48. The number of alkyl halides is 3. The third kappa shape index (κ3) is 5.60. The first kappa shape index (κ1) is 22.9. The molecule has 0 saturated carbocycles. The fourth-order valence-corrected chi connectivity index (χ4v) is 2.70. The number of halogens is 4. The minimum atomic E-state index is -4.64. The number of nitrogens with zero attached hydrogens (tertiary/aromatic N) is 1. The predicted octanol–water partition coefficient (Wildman–Crippen LogP) is 3.53. The minimum Gasteiger partial charge on any atom is -0.545 e. The topological polar surface area (TPSA) is 119 Å². The summed E-state index contributed by atoms with van der Waals surface area (Å²) < 4.78 is 48.3. The molecule has 12 heteroatoms. The second-order valence-corrected chi connectivity index (χ2v) is 6.27. The van der Waals surface area contributed by atoms with Gasteiger partial charge in [0.2, 0.25) is 0 Å². The van der Waals surface area contributed by atoms with Gasteiger partial charge in [-0.05, 0) is 30.3 Å². The van der Waals surface area contributed by atoms with Crippen LogP contribution in [-0.4, -0.2) is 23.5 Å². The molecule has 2 rings (SSSR count). The summed E-state index contributed by atoms with van der Waals surface area (Å²) in [5.41, 5.74) is -2.78. The largest absolute Gasteiger partial charge is 0.545 e. The monoisotopic (exact) mass is 446 g/mol. The molecular formula is C18H12ClF3NO7-. The van der Waals surface area contributed by atoms with Gasteiger partial charge in [0, 0.05) is 18.9 Å². The van der Waals surface area contributed by atoms with Crippen molar-refractivity contribution in [1.82, 2.24) is 0 Å². The van der Waals surface area contributed by atoms with E-state index < -0.39 is 44.9 Å². The van der Waals surface area contributed by atoms with E-state index >= 15 is 0 Å². The Kier molecular flexibility index (Phi) is 6.88. The van der Waals surface area contributed by atoms with Crippen molar-refractivity contribution in [3.05, 3.63) is 62.2 Å². The van der Waals surface area contributed by atoms with Crippen LogP contribution in [0.15, 0.2) is 30.3 Å². The highest BCUT2D eigenvalue weighted by Gasteiger charge is 2.31. The van der Waals surface area contributed by atoms with Crippen LogP contribution in [0.5, 0.6) is 11.5 Å². The van der Waals surface area contributed by atoms with Gasteiger partial charge in [-0.1, -0.05) is 11.6 Å². The van der Waals surface area contributed by atoms with Gasteiger partial charge in [0.15, 0.2) is 0 Å². The summed E-state index contributed by atoms with van der Waals surface area (Å²) in [5, 5.41) is 22.3. The van der Waals surface area contributed by atoms with Crippen LogP contribution in [-0.2, 0) is 22.1 Å². The van der Waals surface area contributed by atoms with Crippen LogP contribution in [0, 0.1) is 10.1 Å². The molecule has 2 aromatic rings. The number of ether oxygens (including phenoxy) is 2. The number of nitro groups is 1. The van der Waals surface area contributed by atoms with Crippen LogP contribution >= 0.6 is 11.6 Å². The van der Waals surface area contributed by atoms with Gasteiger partial charge in [-0.15, -0.1) is 0 Å². The fraction of sp³-hybridized carbons (Fsp3) is 0.222. The van der Waals surface area contributed by atoms with Gasteiger partial charge in [-0.25, -0.2) is 0 Å². The molecule has 0 fully saturated rings. The van der Waals surface area contributed by atoms with E-state index in [1.54, 1.807) is 0 Å². The summed E-state index contributed by atoms with van der Waals surface area (Å²) in [6.45, 7) is 0.834. The summed E-state index contributed by atoms with van der Waals surface area (Å²) in [4.78, 5) is 32.7. The number of carboxylic acid groups (broad SMARTS) is 1. The van der Waals surface area contributed by atoms with Gasteiger partial charge in [-0.2, -0.15) is 13.2 Å². The highest BCUT2D eigenvalue weighted by atomic mass is 35.5. The molecule has 0 radical (unpaired) electrons. The Balaban J connectivity index is 2.47. The maximum absolute atomic E-state index is 12.7. The lowest BCUT2D eigenvalue weighted by Crippen LogP contribution is -2.24. The number of nitro benzene ring substituents is 1. The summed E-state index contributed by atoms with van der Waals surface area (Å²) in [7, 11) is 0. The molecule has 0 aromatic heterocycles. The first-order valence-electron chi connectivity index (χ1n) is 8.10. The molecule has 0 bridgehead atoms. The molecule has 0 atom stereocenters. The zero-order chi connectivity index (χ0) is 22.6. The maximum Gasteiger partial charge on any atom is 0.416 e. The number of hydrogen-bond donors (Lipinski definition) is 0. The SMILES string of the molecule is CC(=O)OCCc1cc(Oc2ccc(C(F)(F)F)cc2Cl)cc(C(=O)[O-])c1[N+](=O)[O-]. The van der Waals surface area contributed by atoms with Crippen LogP contribution in [0.4, 0.5) is 18.9 Å². The van der Waals surface area contributed by atoms with E-state index in [1.165, 1.54) is 0 Å². The predicted molar refractivity (Wildman–Crippen MR) is 94.3 cm³/mol. The highest BCUT2D eigenvalue weighted by Crippen LogP contribution is 2.38. The highest BCUT2D eigenvalue weighted by molar-refractivity contribution is 6.32. The smallest absolute Gasteiger partial charge is 0.416 e. The van der Waals surface area contributed by atoms with E-state index in [-0.39, 0.29) is 30.1 Å². The van der Waals surface area contributed by atoms with E-state index in [1.807, 2.05) is 0 Å². The van der Waals surface area contributed by atoms with E-state index in [4.69, 9.17) is 21.1 Å². The summed E-state index contributed by atoms with van der Waals surface area (Å²) >= 11 is 5.81. The van der Waals surface area contributed by atoms with E-state index in [0.29, 0.717) is 12.1 Å². The second-order valence-electron chi connectivity index (χ2n) is 5.86. The Labute approximate surface area is 171 Å². The molecule has 0 saturated heterocycles. The quantitative estimate of drug-likeness (QED) is 0.362. The Bertz CT molecular complexity index is 1010. The third-order valence-corrected chi connectivity index (χ3v) is 4.02. The van der Waals surface area contributed by atoms with Crippen LogP contribution in [0.3, 0.4) is 0 Å². The molecular weight excluding hydrogens is 435 g/mol. The van der Waals surface area contributed by atoms with Crippen LogP contribution in [0.1, 0.15) is 28.4 Å². The standard InChI is InChI=1S/C18H13ClF3NO7/c1-9(24)29-5-4-10-6-12(8-13(17(25)26)16(10)23(27)28)30-15-3-2-11(7-14(15)19)18(20,21)22/h2-3,6-8H,4-5H2,1H3,(H,25,26)/p-1. The van der Waals surface area contributed by atoms with Gasteiger partial charge >= 0.3 is 12.1 Å². The molecule has 0 aliphatic carbocycles. The molecule has 0 amide bonds. The number of benzene rings is 2. The lowest BCUT2D eigenvalue weighted by molar-refractivity contribution is -0.386. The molecule has 8 nitrogen and oxygen atoms in total. The normalized spacial score (nSPS) is 11.1. The number of carbonyl (C=O) groups is 2. The Morgan fingerprint density at radius 3 is 2.37 bits per heavy atom. The van der Waals surface area contributed by atoms with Crippen molar-refractivity contribution >= 4 is 29.2 Å². The lowest BCUT2D eigenvalue weighted by Gasteiger charge is -2.14. The molecule has 0 spiro atoms. The average molecular weight is 447 g/mol. The fourth-order valence-electron chi connectivity index (χ4n) is 2.48. The van der Waals surface area contributed by atoms with Gasteiger partial charge in [0.1, 0.15) is 11.5 Å². The Hall–Kier alpha value is -3.34. The van der Waals surface area contributed by atoms with Crippen molar-refractivity contribution in [3.63, 3.8) is 0 Å². The van der Waals surface area contributed by atoms with Crippen LogP contribution < -0.4 is 9.84 Å². The zero-order valence-electron chi connectivity index (χ0n) is 15.1. The molecule has 0 aliphatic heterocycles. The van der Waals surface area contributed by atoms with Crippen LogP contribution in [0.25, 0.3) is 0 Å². The lowest BCUT2D eigenvalue weighted by atomic mass is 10.0. The molecule has 0 heterocycles. The molecule has 0 unspecified atom stereocenters. The van der Waals surface area contributed by atoms with Crippen molar-refractivity contribution in [2.24, 2.45) is 0 Å². The van der Waals surface area contributed by atoms with Gasteiger partial charge in [0.05, 0.1) is 33.6 Å². The van der Waals surface area contributed by atoms with Crippen LogP contribution in [0.2, 0.25) is 5.02 Å². The minimum absolute atomic E-state index is 0.152. The number of carbonyl (C=O) groups excluding carboxylic acids is 2. The third-order valence-electron chi connectivity index (χ3n) is 3.73.